The molecule has 0 spiro atoms. The van der Waals surface area contributed by atoms with Gasteiger partial charge in [-0.3, -0.25) is 0 Å². The molecule has 33 heavy (non-hydrogen) atoms. The van der Waals surface area contributed by atoms with Crippen LogP contribution in [0.5, 0.6) is 5.75 Å². The quantitative estimate of drug-likeness (QED) is 0.434. The van der Waals surface area contributed by atoms with E-state index in [0.717, 1.165) is 45.1 Å². The van der Waals surface area contributed by atoms with E-state index in [9.17, 15) is 4.39 Å². The van der Waals surface area contributed by atoms with Gasteiger partial charge in [-0.05, 0) is 53.1 Å². The van der Waals surface area contributed by atoms with Crippen LogP contribution in [0.15, 0.2) is 66.9 Å². The summed E-state index contributed by atoms with van der Waals surface area (Å²) in [5.74, 6) is 0.717. The summed E-state index contributed by atoms with van der Waals surface area (Å²) in [6.45, 7) is -0.0229. The maximum Gasteiger partial charge on any atom is 0.134 e. The summed E-state index contributed by atoms with van der Waals surface area (Å²) in [6.07, 6.45) is 1.69. The van der Waals surface area contributed by atoms with Crippen LogP contribution in [0.2, 0.25) is 0 Å². The number of aromatic nitrogens is 3. The minimum absolute atomic E-state index is 0.0209. The molecule has 1 aliphatic rings. The number of hydrogen-bond donors (Lipinski definition) is 2. The third kappa shape index (κ3) is 3.95. The van der Waals surface area contributed by atoms with E-state index in [1.54, 1.807) is 6.20 Å². The lowest BCUT2D eigenvalue weighted by molar-refractivity contribution is 0.301. The number of halogens is 1. The van der Waals surface area contributed by atoms with Crippen LogP contribution in [0, 0.1) is 0 Å². The van der Waals surface area contributed by atoms with E-state index in [-0.39, 0.29) is 19.2 Å². The first-order valence-corrected chi connectivity index (χ1v) is 10.7. The minimum Gasteiger partial charge on any atom is -0.487 e. The lowest BCUT2D eigenvalue weighted by atomic mass is 9.85. The summed E-state index contributed by atoms with van der Waals surface area (Å²) in [6, 6.07) is 20.0. The van der Waals surface area contributed by atoms with Crippen LogP contribution in [0.4, 0.5) is 21.5 Å². The fraction of sp³-hybridized carbons (Fsp3) is 0.200. The summed E-state index contributed by atoms with van der Waals surface area (Å²) in [5, 5.41) is 7.88. The molecule has 0 radical (unpaired) electrons. The molecule has 0 aliphatic carbocycles. The molecule has 0 fully saturated rings. The number of hydrogen-bond acceptors (Lipinski definition) is 6. The molecule has 0 amide bonds. The number of nitrogens with two attached hydrogens (primary N) is 2. The van der Waals surface area contributed by atoms with Crippen molar-refractivity contribution in [2.45, 2.75) is 19.2 Å². The van der Waals surface area contributed by atoms with Gasteiger partial charge in [0.25, 0.3) is 0 Å². The highest BCUT2D eigenvalue weighted by atomic mass is 18.2. The number of nitrogen functional groups attached to an aromatic ring is 2. The van der Waals surface area contributed by atoms with E-state index < -0.39 is 6.67 Å². The average Bonchev–Trinajstić information content (AvgIpc) is 3.26. The Kier molecular flexibility index (Phi) is 5.34. The molecule has 4 aromatic rings. The van der Waals surface area contributed by atoms with Gasteiger partial charge in [0.1, 0.15) is 24.7 Å². The van der Waals surface area contributed by atoms with E-state index in [1.165, 1.54) is 4.68 Å². The first kappa shape index (κ1) is 20.8. The number of aryl methyl sites for hydroxylation is 1. The Hall–Kier alpha value is -4.07. The molecule has 0 saturated heterocycles. The second-order valence-electron chi connectivity index (χ2n) is 8.16. The third-order valence-corrected chi connectivity index (χ3v) is 5.93. The average molecular weight is 444 g/mol. The highest BCUT2D eigenvalue weighted by Gasteiger charge is 2.30. The highest BCUT2D eigenvalue weighted by molar-refractivity contribution is 5.88. The number of alkyl halides is 1. The van der Waals surface area contributed by atoms with Crippen molar-refractivity contribution in [3.05, 3.63) is 83.7 Å². The van der Waals surface area contributed by atoms with Crippen molar-refractivity contribution in [2.75, 3.05) is 30.1 Å². The zero-order valence-corrected chi connectivity index (χ0v) is 18.3. The van der Waals surface area contributed by atoms with Crippen molar-refractivity contribution < 1.29 is 9.13 Å². The summed E-state index contributed by atoms with van der Waals surface area (Å²) in [5.41, 5.74) is 20.0. The van der Waals surface area contributed by atoms with Gasteiger partial charge in [0.2, 0.25) is 0 Å². The normalized spacial score (nSPS) is 14.6. The van der Waals surface area contributed by atoms with Gasteiger partial charge in [-0.2, -0.15) is 0 Å². The van der Waals surface area contributed by atoms with Crippen LogP contribution in [-0.4, -0.2) is 28.7 Å². The molecule has 3 aromatic carbocycles. The fourth-order valence-corrected chi connectivity index (χ4v) is 4.38. The third-order valence-electron chi connectivity index (χ3n) is 5.93. The van der Waals surface area contributed by atoms with E-state index in [4.69, 9.17) is 16.2 Å². The van der Waals surface area contributed by atoms with Crippen LogP contribution in [0.25, 0.3) is 11.1 Å². The number of benzene rings is 3. The smallest absolute Gasteiger partial charge is 0.134 e. The van der Waals surface area contributed by atoms with E-state index in [1.807, 2.05) is 36.4 Å². The van der Waals surface area contributed by atoms with Gasteiger partial charge in [-0.1, -0.05) is 29.5 Å². The van der Waals surface area contributed by atoms with Crippen LogP contribution in [-0.2, 0) is 13.2 Å². The molecule has 0 bridgehead atoms. The predicted octanol–water partition coefficient (Wildman–Crippen LogP) is 4.20. The summed E-state index contributed by atoms with van der Waals surface area (Å²) in [4.78, 5) is 2.23. The fourth-order valence-electron chi connectivity index (χ4n) is 4.38. The molecule has 5 rings (SSSR count). The number of nitrogens with zero attached hydrogens (tertiary/aromatic N) is 4. The van der Waals surface area contributed by atoms with Gasteiger partial charge in [-0.25, -0.2) is 9.07 Å². The Morgan fingerprint density at radius 2 is 1.70 bits per heavy atom. The molecule has 0 saturated carbocycles. The van der Waals surface area contributed by atoms with Gasteiger partial charge in [0.15, 0.2) is 0 Å². The van der Waals surface area contributed by atoms with Crippen molar-refractivity contribution in [1.29, 1.82) is 0 Å². The summed E-state index contributed by atoms with van der Waals surface area (Å²) in [7, 11) is 2.07. The van der Waals surface area contributed by atoms with E-state index in [2.05, 4.69) is 46.5 Å². The zero-order valence-electron chi connectivity index (χ0n) is 18.3. The maximum atomic E-state index is 12.4. The number of ether oxygens (including phenoxy) is 1. The summed E-state index contributed by atoms with van der Waals surface area (Å²) >= 11 is 0. The molecule has 8 heteroatoms. The molecular weight excluding hydrogens is 418 g/mol. The molecule has 4 N–H and O–H groups in total. The van der Waals surface area contributed by atoms with Crippen molar-refractivity contribution in [3.63, 3.8) is 0 Å². The second-order valence-corrected chi connectivity index (χ2v) is 8.16. The Labute approximate surface area is 191 Å². The number of anilines is 3. The second kappa shape index (κ2) is 8.46. The zero-order chi connectivity index (χ0) is 22.9. The molecule has 1 unspecified atom stereocenters. The van der Waals surface area contributed by atoms with E-state index in [0.29, 0.717) is 5.69 Å². The standard InChI is InChI=1S/C25H25FN6O/c1-31-24-13-18(28)5-9-22(24)21-8-4-17(27)12-23(21)25(31)16-2-6-20(7-3-16)33-15-19-14-32(11-10-26)30-29-19/h2-9,12-14,25H,10-11,15,27-28H2,1H3/i26-1. The number of rotatable bonds is 6. The van der Waals surface area contributed by atoms with Crippen molar-refractivity contribution >= 4 is 17.1 Å². The van der Waals surface area contributed by atoms with Crippen LogP contribution < -0.4 is 21.1 Å². The first-order chi connectivity index (χ1) is 16.0. The Morgan fingerprint density at radius 1 is 0.970 bits per heavy atom. The van der Waals surface area contributed by atoms with Gasteiger partial charge in [0, 0.05) is 29.7 Å². The van der Waals surface area contributed by atoms with Crippen molar-refractivity contribution in [2.24, 2.45) is 0 Å². The topological polar surface area (TPSA) is 95.2 Å². The monoisotopic (exact) mass is 443 g/mol. The van der Waals surface area contributed by atoms with Crippen molar-refractivity contribution in [3.8, 4) is 16.9 Å². The minimum atomic E-state index is -0.480. The first-order valence-electron chi connectivity index (χ1n) is 10.7. The lowest BCUT2D eigenvalue weighted by Crippen LogP contribution is -2.29. The Morgan fingerprint density at radius 3 is 2.45 bits per heavy atom. The molecule has 168 valence electrons. The van der Waals surface area contributed by atoms with Crippen LogP contribution in [0.1, 0.15) is 22.9 Å². The Balaban J connectivity index is 1.42. The molecule has 1 aliphatic heterocycles. The number of fused-ring (bicyclic) bond motifs is 3. The van der Waals surface area contributed by atoms with Crippen molar-refractivity contribution in [1.82, 2.24) is 15.0 Å². The SMILES string of the molecule is CN1c2cc(N)ccc2-c2ccc(N)cc2C1c1ccc(OCc2cn(CC[18F])nn2)cc1. The maximum absolute atomic E-state index is 12.4. The molecule has 2 heterocycles. The lowest BCUT2D eigenvalue weighted by Gasteiger charge is -2.38. The van der Waals surface area contributed by atoms with E-state index >= 15 is 0 Å². The van der Waals surface area contributed by atoms with Gasteiger partial charge >= 0.3 is 0 Å². The van der Waals surface area contributed by atoms with Gasteiger partial charge in [-0.15, -0.1) is 5.10 Å². The molecule has 1 atom stereocenters. The molecular formula is C25H25FN6O. The predicted molar refractivity (Wildman–Crippen MR) is 128 cm³/mol. The largest absolute Gasteiger partial charge is 0.487 e. The molecule has 7 nitrogen and oxygen atoms in total. The van der Waals surface area contributed by atoms with Crippen LogP contribution in [0.3, 0.4) is 0 Å². The van der Waals surface area contributed by atoms with Gasteiger partial charge in [0.05, 0.1) is 18.8 Å². The van der Waals surface area contributed by atoms with Gasteiger partial charge < -0.3 is 21.1 Å². The Bertz CT molecular complexity index is 1290. The molecule has 1 aromatic heterocycles. The van der Waals surface area contributed by atoms with Crippen LogP contribution >= 0.6 is 0 Å². The summed E-state index contributed by atoms with van der Waals surface area (Å²) < 4.78 is 19.8. The highest BCUT2D eigenvalue weighted by Crippen LogP contribution is 2.47.